The minimum absolute atomic E-state index is 0.0291. The second kappa shape index (κ2) is 18.5. The summed E-state index contributed by atoms with van der Waals surface area (Å²) in [4.78, 5) is 58.4. The molecule has 11 heteroatoms. The highest BCUT2D eigenvalue weighted by atomic mass is 16.6. The third-order valence-electron chi connectivity index (χ3n) is 9.24. The summed E-state index contributed by atoms with van der Waals surface area (Å²) in [6.45, 7) is 7.50. The number of fused-ring (bicyclic) bond motifs is 2. The minimum Gasteiger partial charge on any atom is -0.462 e. The zero-order valence-electron chi connectivity index (χ0n) is 29.2. The molecule has 0 saturated heterocycles. The number of allylic oxidation sites excluding steroid dienone is 1. The summed E-state index contributed by atoms with van der Waals surface area (Å²) in [5.41, 5.74) is 4.72. The van der Waals surface area contributed by atoms with Crippen molar-refractivity contribution in [1.82, 2.24) is 20.5 Å². The Balaban J connectivity index is 1.27. The Morgan fingerprint density at radius 2 is 1.62 bits per heavy atom. The zero-order chi connectivity index (χ0) is 36.9. The zero-order valence-corrected chi connectivity index (χ0v) is 29.2. The van der Waals surface area contributed by atoms with Gasteiger partial charge in [-0.15, -0.1) is 13.2 Å². The molecule has 272 valence electrons. The van der Waals surface area contributed by atoms with Gasteiger partial charge in [0.2, 0.25) is 11.8 Å². The number of alkyl carbamates (subject to hydrolysis) is 1. The molecule has 4 atom stereocenters. The number of aliphatic hydroxyl groups is 1. The SMILES string of the molecule is C=CCC(CC(=O)N1Cc2ccccc2CC1CO)C(=O)NC(COC(=O)C(CC=C)NC(=O)OCc1ccccc1)Cc1c[nH]c2ccccc12. The number of amides is 3. The summed E-state index contributed by atoms with van der Waals surface area (Å²) in [7, 11) is 0. The number of rotatable bonds is 17. The molecule has 0 aliphatic carbocycles. The fourth-order valence-electron chi connectivity index (χ4n) is 6.46. The van der Waals surface area contributed by atoms with Gasteiger partial charge in [-0.2, -0.15) is 0 Å². The van der Waals surface area contributed by atoms with Gasteiger partial charge in [0.1, 0.15) is 19.3 Å². The van der Waals surface area contributed by atoms with Crippen molar-refractivity contribution in [3.63, 3.8) is 0 Å². The first-order valence-corrected chi connectivity index (χ1v) is 17.5. The molecule has 3 amide bonds. The van der Waals surface area contributed by atoms with Crippen LogP contribution in [0.2, 0.25) is 0 Å². The highest BCUT2D eigenvalue weighted by Gasteiger charge is 2.33. The first kappa shape index (κ1) is 37.6. The van der Waals surface area contributed by atoms with E-state index in [1.807, 2.05) is 85.1 Å². The summed E-state index contributed by atoms with van der Waals surface area (Å²) in [5.74, 6) is -2.10. The van der Waals surface area contributed by atoms with Gasteiger partial charge in [-0.25, -0.2) is 9.59 Å². The van der Waals surface area contributed by atoms with Crippen LogP contribution in [0.25, 0.3) is 10.9 Å². The number of nitrogens with one attached hydrogen (secondary N) is 3. The van der Waals surface area contributed by atoms with E-state index in [0.717, 1.165) is 33.2 Å². The smallest absolute Gasteiger partial charge is 0.408 e. The number of aromatic nitrogens is 1. The summed E-state index contributed by atoms with van der Waals surface area (Å²) < 4.78 is 11.0. The molecule has 0 saturated carbocycles. The highest BCUT2D eigenvalue weighted by molar-refractivity contribution is 5.87. The molecule has 1 aromatic heterocycles. The fraction of sp³-hybridized carbons (Fsp3) is 0.317. The van der Waals surface area contributed by atoms with Crippen LogP contribution >= 0.6 is 0 Å². The van der Waals surface area contributed by atoms with E-state index in [9.17, 15) is 24.3 Å². The van der Waals surface area contributed by atoms with Crippen molar-refractivity contribution in [2.75, 3.05) is 13.2 Å². The molecule has 0 radical (unpaired) electrons. The van der Waals surface area contributed by atoms with Crippen molar-refractivity contribution in [3.8, 4) is 0 Å². The van der Waals surface area contributed by atoms with Crippen LogP contribution in [-0.2, 0) is 49.9 Å². The van der Waals surface area contributed by atoms with Crippen LogP contribution in [0.1, 0.15) is 41.5 Å². The van der Waals surface area contributed by atoms with E-state index in [0.29, 0.717) is 19.4 Å². The van der Waals surface area contributed by atoms with Gasteiger partial charge in [-0.3, -0.25) is 9.59 Å². The molecule has 3 aromatic carbocycles. The third kappa shape index (κ3) is 9.97. The number of esters is 1. The second-order valence-electron chi connectivity index (χ2n) is 12.9. The summed E-state index contributed by atoms with van der Waals surface area (Å²) >= 11 is 0. The molecule has 4 aromatic rings. The molecular weight excluding hydrogens is 660 g/mol. The highest BCUT2D eigenvalue weighted by Crippen LogP contribution is 2.26. The molecule has 4 unspecified atom stereocenters. The van der Waals surface area contributed by atoms with Gasteiger partial charge < -0.3 is 35.1 Å². The average Bonchev–Trinajstić information content (AvgIpc) is 3.57. The number of aliphatic hydroxyl groups excluding tert-OH is 1. The van der Waals surface area contributed by atoms with Crippen molar-refractivity contribution >= 4 is 34.8 Å². The van der Waals surface area contributed by atoms with Gasteiger partial charge in [-0.05, 0) is 54.0 Å². The lowest BCUT2D eigenvalue weighted by atomic mass is 9.92. The maximum atomic E-state index is 13.9. The van der Waals surface area contributed by atoms with Gasteiger partial charge >= 0.3 is 12.1 Å². The molecule has 1 aliphatic rings. The predicted molar refractivity (Wildman–Crippen MR) is 198 cm³/mol. The van der Waals surface area contributed by atoms with E-state index in [4.69, 9.17) is 9.47 Å². The van der Waals surface area contributed by atoms with Gasteiger partial charge in [0.25, 0.3) is 0 Å². The minimum atomic E-state index is -1.06. The van der Waals surface area contributed by atoms with E-state index < -0.39 is 42.0 Å². The van der Waals surface area contributed by atoms with Crippen molar-refractivity contribution in [3.05, 3.63) is 133 Å². The van der Waals surface area contributed by atoms with Gasteiger partial charge in [-0.1, -0.05) is 84.9 Å². The van der Waals surface area contributed by atoms with Crippen LogP contribution in [-0.4, -0.2) is 70.2 Å². The monoisotopic (exact) mass is 706 g/mol. The molecular formula is C41H46N4O7. The second-order valence-corrected chi connectivity index (χ2v) is 12.9. The number of hydrogen-bond acceptors (Lipinski definition) is 7. The van der Waals surface area contributed by atoms with Crippen LogP contribution < -0.4 is 10.6 Å². The number of carbonyl (C=O) groups excluding carboxylic acids is 4. The predicted octanol–water partition coefficient (Wildman–Crippen LogP) is 5.14. The Bertz CT molecular complexity index is 1860. The Kier molecular flexibility index (Phi) is 13.4. The molecule has 52 heavy (non-hydrogen) atoms. The maximum absolute atomic E-state index is 13.9. The van der Waals surface area contributed by atoms with Crippen molar-refractivity contribution in [2.45, 2.75) is 63.4 Å². The lowest BCUT2D eigenvalue weighted by molar-refractivity contribution is -0.147. The van der Waals surface area contributed by atoms with Crippen molar-refractivity contribution < 1.29 is 33.8 Å². The van der Waals surface area contributed by atoms with E-state index in [1.54, 1.807) is 11.0 Å². The normalized spacial score (nSPS) is 15.4. The molecule has 0 spiro atoms. The first-order valence-electron chi connectivity index (χ1n) is 17.5. The van der Waals surface area contributed by atoms with Crippen LogP contribution in [0.15, 0.2) is 110 Å². The Hall–Kier alpha value is -5.68. The lowest BCUT2D eigenvalue weighted by Gasteiger charge is -2.36. The largest absolute Gasteiger partial charge is 0.462 e. The molecule has 5 rings (SSSR count). The number of carbonyl (C=O) groups is 4. The van der Waals surface area contributed by atoms with E-state index in [1.165, 1.54) is 6.08 Å². The van der Waals surface area contributed by atoms with E-state index >= 15 is 0 Å². The fourth-order valence-corrected chi connectivity index (χ4v) is 6.46. The standard InChI is InChI=1S/C41H46N4O7/c1-3-12-30(22-38(47)45-24-31-17-9-8-16-29(31)21-34(45)25-46)39(48)43-33(20-32-23-42-36-19-11-10-18-35(32)36)27-51-40(49)37(13-4-2)44-41(50)52-26-28-14-6-5-7-15-28/h3-11,14-19,23,30,33-34,37,42,46H,1-2,12-13,20-22,24-27H2,(H,43,48)(H,44,50). The van der Waals surface area contributed by atoms with Gasteiger partial charge in [0.15, 0.2) is 0 Å². The number of ether oxygens (including phenoxy) is 2. The van der Waals surface area contributed by atoms with Crippen molar-refractivity contribution in [1.29, 1.82) is 0 Å². The van der Waals surface area contributed by atoms with Crippen LogP contribution in [0.5, 0.6) is 0 Å². The Morgan fingerprint density at radius 3 is 2.37 bits per heavy atom. The van der Waals surface area contributed by atoms with Crippen LogP contribution in [0.4, 0.5) is 4.79 Å². The first-order chi connectivity index (χ1) is 25.3. The number of para-hydroxylation sites is 1. The Labute approximate surface area is 303 Å². The van der Waals surface area contributed by atoms with Crippen LogP contribution in [0.3, 0.4) is 0 Å². The number of hydrogen-bond donors (Lipinski definition) is 4. The summed E-state index contributed by atoms with van der Waals surface area (Å²) in [6.07, 6.45) is 5.25. The number of aromatic amines is 1. The topological polar surface area (TPSA) is 150 Å². The average molecular weight is 707 g/mol. The van der Waals surface area contributed by atoms with Crippen LogP contribution in [0, 0.1) is 5.92 Å². The van der Waals surface area contributed by atoms with Gasteiger partial charge in [0.05, 0.1) is 24.6 Å². The molecule has 1 aliphatic heterocycles. The number of benzene rings is 3. The van der Waals surface area contributed by atoms with E-state index in [-0.39, 0.29) is 45.0 Å². The third-order valence-corrected chi connectivity index (χ3v) is 9.24. The van der Waals surface area contributed by atoms with E-state index in [2.05, 4.69) is 28.8 Å². The number of nitrogens with zero attached hydrogens (tertiary/aromatic N) is 1. The maximum Gasteiger partial charge on any atom is 0.408 e. The molecule has 2 heterocycles. The molecule has 0 bridgehead atoms. The molecule has 4 N–H and O–H groups in total. The molecule has 11 nitrogen and oxygen atoms in total. The summed E-state index contributed by atoms with van der Waals surface area (Å²) in [5, 5.41) is 16.7. The number of H-pyrrole nitrogens is 1. The quantitative estimate of drug-likeness (QED) is 0.0878. The summed E-state index contributed by atoms with van der Waals surface area (Å²) in [6, 6.07) is 22.6. The Morgan fingerprint density at radius 1 is 0.904 bits per heavy atom. The molecule has 0 fully saturated rings. The van der Waals surface area contributed by atoms with Crippen molar-refractivity contribution in [2.24, 2.45) is 5.92 Å². The lowest BCUT2D eigenvalue weighted by Crippen LogP contribution is -2.49. The van der Waals surface area contributed by atoms with Gasteiger partial charge in [0, 0.05) is 30.1 Å².